The first-order valence-corrected chi connectivity index (χ1v) is 44.8. The summed E-state index contributed by atoms with van der Waals surface area (Å²) in [7, 11) is -2.85. The van der Waals surface area contributed by atoms with Gasteiger partial charge in [0.1, 0.15) is 0 Å². The quantitative estimate of drug-likeness (QED) is 0.0812. The minimum Gasteiger partial charge on any atom is -0.423 e. The average Bonchev–Trinajstić information content (AvgIpc) is 0.766. The normalized spacial score (nSPS) is 10.9. The minimum absolute atomic E-state index is 0. The van der Waals surface area contributed by atoms with Gasteiger partial charge < -0.3 is 20.1 Å². The Balaban J connectivity index is 0.000000121. The Hall–Kier alpha value is -13.9. The molecule has 0 radical (unpaired) electrons. The molecule has 23 aromatic carbocycles. The van der Waals surface area contributed by atoms with Crippen LogP contribution in [0.2, 0.25) is 0 Å². The Bertz CT molecular complexity index is 7920. The Morgan fingerprint density at radius 1 is 0.140 bits per heavy atom. The molecule has 23 aromatic rings. The van der Waals surface area contributed by atoms with Crippen LogP contribution in [0.5, 0.6) is 0 Å². The van der Waals surface area contributed by atoms with E-state index in [2.05, 4.69) is 436 Å². The monoisotopic (exact) mass is 1850 g/mol. The fourth-order valence-corrected chi connectivity index (χ4v) is 18.5. The largest absolute Gasteiger partial charge is 0.488 e. The highest BCUT2D eigenvalue weighted by atomic mass is 79.9. The van der Waals surface area contributed by atoms with Crippen molar-refractivity contribution in [2.24, 2.45) is 0 Å². The molecule has 0 atom stereocenters. The SMILES string of the molecule is Brc1ccc2cc(-c3ccc(-c4cccc5ccccc45)cc3)ccc2c1.Brc1ccc2cc(Br)ccc2c1.C.C.OB(O)c1ccc(-c2cc3ccccc3c3ccccc23)cc1.OB(O)c1ccc(-c2cccc3ccccc23)cc1.c1ccc2c(-c3ccc(-c4ccc5cc(-c6ccc(-c7cc8ccccc8c8ccccc78)cc6)ccc5c4)cc3)cccc2c1. The van der Waals surface area contributed by atoms with Crippen LogP contribution in [0.1, 0.15) is 14.9 Å². The zero-order chi connectivity index (χ0) is 86.3. The highest BCUT2D eigenvalue weighted by molar-refractivity contribution is 9.11. The number of rotatable bonds is 10. The lowest BCUT2D eigenvalue weighted by Crippen LogP contribution is -2.29. The zero-order valence-electron chi connectivity index (χ0n) is 69.0. The first-order chi connectivity index (χ1) is 62.3. The Kier molecular flexibility index (Phi) is 26.7. The van der Waals surface area contributed by atoms with Gasteiger partial charge in [-0.1, -0.05) is 463 Å². The molecule has 129 heavy (non-hydrogen) atoms. The molecule has 620 valence electrons. The summed E-state index contributed by atoms with van der Waals surface area (Å²) in [6.07, 6.45) is 0. The van der Waals surface area contributed by atoms with Crippen LogP contribution < -0.4 is 10.9 Å². The van der Waals surface area contributed by atoms with E-state index in [1.54, 1.807) is 24.3 Å². The van der Waals surface area contributed by atoms with Gasteiger partial charge in [-0.15, -0.1) is 0 Å². The molecule has 0 saturated heterocycles. The molecule has 0 heterocycles. The summed E-state index contributed by atoms with van der Waals surface area (Å²) in [5.41, 5.74) is 20.4. The molecule has 0 aliphatic rings. The standard InChI is InChI=1S/C46H30.C26H17Br.C20H15BO2.C16H13BO2.C10H6Br2.2CH4/c1-3-11-41-33(8-1)10-7-15-42(41)34-20-16-31(17-21-34)36-24-26-39-29-37(25-27-38(39)28-36)32-18-22-35(23-19-32)46-30-40-9-2-4-12-43(40)44-13-5-6-14-45(44)46;27-24-15-14-22-16-21(12-13-23(22)17-24)18-8-10-20(11-9-18)26-7-3-5-19-4-1-2-6-25(19)26;22-21(23)16-11-9-14(10-12-16)20-13-15-5-1-2-6-17(15)18-7-3-4-8-19(18)20;18-17(19)14-10-8-13(9-11-14)16-7-3-5-12-4-1-2-6-15(12)16;11-9-3-1-7-5-10(12)4-2-8(7)6-9;;/h1-30H;1-17H;1-13,22-23H;1-11,18-19H;1-6H;2*1H4. The fraction of sp³-hybridized carbons (Fsp3) is 0.0167. The second-order valence-corrected chi connectivity index (χ2v) is 34.6. The third-order valence-electron chi connectivity index (χ3n) is 23.9. The molecule has 0 unspecified atom stereocenters. The number of benzene rings is 23. The Morgan fingerprint density at radius 3 is 0.643 bits per heavy atom. The summed E-state index contributed by atoms with van der Waals surface area (Å²) < 4.78 is 3.36. The predicted octanol–water partition coefficient (Wildman–Crippen LogP) is 32.2. The van der Waals surface area contributed by atoms with Crippen molar-refractivity contribution in [1.29, 1.82) is 0 Å². The van der Waals surface area contributed by atoms with Crippen molar-refractivity contribution >= 4 is 181 Å². The van der Waals surface area contributed by atoms with Gasteiger partial charge >= 0.3 is 14.2 Å². The lowest BCUT2D eigenvalue weighted by atomic mass is 9.79. The topological polar surface area (TPSA) is 80.9 Å². The molecule has 9 heteroatoms. The number of hydrogen-bond acceptors (Lipinski definition) is 4. The molecule has 0 spiro atoms. The fourth-order valence-electron chi connectivity index (χ4n) is 17.4. The van der Waals surface area contributed by atoms with Gasteiger partial charge in [0.2, 0.25) is 0 Å². The lowest BCUT2D eigenvalue weighted by molar-refractivity contribution is 0.424. The van der Waals surface area contributed by atoms with Crippen molar-refractivity contribution in [2.45, 2.75) is 14.9 Å². The van der Waals surface area contributed by atoms with E-state index in [0.717, 1.165) is 35.7 Å². The van der Waals surface area contributed by atoms with Gasteiger partial charge in [-0.05, 0) is 274 Å². The van der Waals surface area contributed by atoms with Crippen LogP contribution in [0.3, 0.4) is 0 Å². The average molecular weight is 1860 g/mol. The molecule has 4 nitrogen and oxygen atoms in total. The van der Waals surface area contributed by atoms with E-state index in [-0.39, 0.29) is 14.9 Å². The van der Waals surface area contributed by atoms with Crippen LogP contribution in [-0.2, 0) is 0 Å². The highest BCUT2D eigenvalue weighted by Crippen LogP contribution is 2.41. The van der Waals surface area contributed by atoms with E-state index in [9.17, 15) is 10.0 Å². The Labute approximate surface area is 778 Å². The maximum atomic E-state index is 9.25. The van der Waals surface area contributed by atoms with Gasteiger partial charge in [0.15, 0.2) is 0 Å². The van der Waals surface area contributed by atoms with Crippen molar-refractivity contribution in [3.05, 3.63) is 481 Å². The van der Waals surface area contributed by atoms with Crippen molar-refractivity contribution in [3.63, 3.8) is 0 Å². The van der Waals surface area contributed by atoms with E-state index in [4.69, 9.17) is 10.0 Å². The molecule has 0 aromatic heterocycles. The van der Waals surface area contributed by atoms with Gasteiger partial charge in [0, 0.05) is 13.4 Å². The Morgan fingerprint density at radius 2 is 0.349 bits per heavy atom. The molecule has 0 aliphatic carbocycles. The summed E-state index contributed by atoms with van der Waals surface area (Å²) in [5.74, 6) is 0. The minimum atomic E-state index is -1.43. The van der Waals surface area contributed by atoms with Gasteiger partial charge in [0.05, 0.1) is 0 Å². The van der Waals surface area contributed by atoms with Crippen molar-refractivity contribution in [3.8, 4) is 89.0 Å². The molecule has 0 bridgehead atoms. The van der Waals surface area contributed by atoms with Crippen LogP contribution in [0, 0.1) is 0 Å². The lowest BCUT2D eigenvalue weighted by Gasteiger charge is -2.12. The second-order valence-electron chi connectivity index (χ2n) is 31.8. The van der Waals surface area contributed by atoms with Crippen molar-refractivity contribution in [1.82, 2.24) is 0 Å². The molecular weight excluding hydrogens is 1770 g/mol. The maximum absolute atomic E-state index is 9.25. The van der Waals surface area contributed by atoms with Gasteiger partial charge in [-0.3, -0.25) is 0 Å². The summed E-state index contributed by atoms with van der Waals surface area (Å²) in [4.78, 5) is 0. The van der Waals surface area contributed by atoms with E-state index >= 15 is 0 Å². The third-order valence-corrected chi connectivity index (χ3v) is 25.4. The van der Waals surface area contributed by atoms with Crippen LogP contribution >= 0.6 is 47.8 Å². The number of halogens is 3. The van der Waals surface area contributed by atoms with Crippen LogP contribution in [-0.4, -0.2) is 34.3 Å². The molecule has 4 N–H and O–H groups in total. The van der Waals surface area contributed by atoms with Crippen LogP contribution in [0.15, 0.2) is 481 Å². The highest BCUT2D eigenvalue weighted by Gasteiger charge is 2.17. The molecule has 0 saturated carbocycles. The van der Waals surface area contributed by atoms with E-state index in [0.29, 0.717) is 10.9 Å². The molecule has 0 amide bonds. The summed E-state index contributed by atoms with van der Waals surface area (Å²) >= 11 is 10.4. The smallest absolute Gasteiger partial charge is 0.423 e. The van der Waals surface area contributed by atoms with Crippen molar-refractivity contribution < 1.29 is 20.1 Å². The van der Waals surface area contributed by atoms with E-state index in [1.165, 1.54) is 174 Å². The summed E-state index contributed by atoms with van der Waals surface area (Å²) in [5, 5.41) is 61.8. The molecule has 0 aliphatic heterocycles. The first-order valence-electron chi connectivity index (χ1n) is 42.4. The van der Waals surface area contributed by atoms with Crippen molar-refractivity contribution in [2.75, 3.05) is 0 Å². The van der Waals surface area contributed by atoms with Gasteiger partial charge in [0.25, 0.3) is 0 Å². The first kappa shape index (κ1) is 87.2. The predicted molar refractivity (Wildman–Crippen MR) is 567 cm³/mol. The zero-order valence-corrected chi connectivity index (χ0v) is 73.8. The molecular formula is C120H89B2Br3O4. The molecule has 23 rings (SSSR count). The number of fused-ring (bicyclic) bond motifs is 12. The second kappa shape index (κ2) is 39.5. The number of hydrogen-bond donors (Lipinski definition) is 4. The van der Waals surface area contributed by atoms with Crippen LogP contribution in [0.4, 0.5) is 0 Å². The summed E-state index contributed by atoms with van der Waals surface area (Å²) in [6.45, 7) is 0. The third kappa shape index (κ3) is 19.2. The summed E-state index contributed by atoms with van der Waals surface area (Å²) in [6, 6.07) is 164. The van der Waals surface area contributed by atoms with Gasteiger partial charge in [-0.2, -0.15) is 0 Å². The molecule has 0 fully saturated rings. The van der Waals surface area contributed by atoms with Gasteiger partial charge in [-0.25, -0.2) is 0 Å². The van der Waals surface area contributed by atoms with E-state index in [1.807, 2.05) is 54.6 Å². The van der Waals surface area contributed by atoms with Crippen LogP contribution in [0.25, 0.3) is 197 Å². The van der Waals surface area contributed by atoms with E-state index < -0.39 is 14.2 Å². The maximum Gasteiger partial charge on any atom is 0.488 e.